The molecule has 0 aromatic carbocycles. The van der Waals surface area contributed by atoms with E-state index in [2.05, 4.69) is 24.1 Å². The lowest BCUT2D eigenvalue weighted by Gasteiger charge is -2.40. The highest BCUT2D eigenvalue weighted by atomic mass is 16.5. The average Bonchev–Trinajstić information content (AvgIpc) is 2.37. The molecular formula is C13H26N2O2. The first-order valence-corrected chi connectivity index (χ1v) is 6.67. The predicted molar refractivity (Wildman–Crippen MR) is 68.9 cm³/mol. The van der Waals surface area contributed by atoms with Gasteiger partial charge in [-0.3, -0.25) is 9.69 Å². The van der Waals surface area contributed by atoms with Gasteiger partial charge in [-0.2, -0.15) is 0 Å². The molecule has 0 aliphatic carbocycles. The second-order valence-electron chi connectivity index (χ2n) is 4.95. The Bertz CT molecular complexity index is 246. The molecule has 1 fully saturated rings. The molecule has 100 valence electrons. The van der Waals surface area contributed by atoms with E-state index in [1.54, 1.807) is 0 Å². The second-order valence-corrected chi connectivity index (χ2v) is 4.95. The fraction of sp³-hybridized carbons (Fsp3) is 0.923. The number of nitrogens with zero attached hydrogens (tertiary/aromatic N) is 1. The van der Waals surface area contributed by atoms with E-state index >= 15 is 0 Å². The largest absolute Gasteiger partial charge is 0.469 e. The quantitative estimate of drug-likeness (QED) is 0.737. The van der Waals surface area contributed by atoms with Crippen LogP contribution in [0, 0.1) is 5.92 Å². The van der Waals surface area contributed by atoms with E-state index in [0.717, 1.165) is 32.5 Å². The Labute approximate surface area is 105 Å². The van der Waals surface area contributed by atoms with Crippen molar-refractivity contribution in [3.8, 4) is 0 Å². The van der Waals surface area contributed by atoms with Crippen molar-refractivity contribution in [1.29, 1.82) is 0 Å². The molecule has 0 radical (unpaired) electrons. The van der Waals surface area contributed by atoms with E-state index in [1.807, 2.05) is 6.92 Å². The van der Waals surface area contributed by atoms with Gasteiger partial charge in [0.2, 0.25) is 0 Å². The molecule has 0 aromatic heterocycles. The summed E-state index contributed by atoms with van der Waals surface area (Å²) in [7, 11) is 1.46. The van der Waals surface area contributed by atoms with Crippen molar-refractivity contribution in [3.63, 3.8) is 0 Å². The standard InChI is InChI=1S/C13H26N2O2/c1-5-11-9-15(12(6-2)7-14-11)8-10(3)13(16)17-4/h10-12,14H,5-9H2,1-4H3. The third-order valence-electron chi connectivity index (χ3n) is 3.69. The smallest absolute Gasteiger partial charge is 0.309 e. The summed E-state index contributed by atoms with van der Waals surface area (Å²) in [6.45, 7) is 9.23. The first kappa shape index (κ1) is 14.5. The molecule has 17 heavy (non-hydrogen) atoms. The summed E-state index contributed by atoms with van der Waals surface area (Å²) < 4.78 is 4.79. The fourth-order valence-electron chi connectivity index (χ4n) is 2.46. The third kappa shape index (κ3) is 3.96. The molecule has 1 saturated heterocycles. The van der Waals surface area contributed by atoms with E-state index in [4.69, 9.17) is 4.74 Å². The van der Waals surface area contributed by atoms with Gasteiger partial charge in [0.25, 0.3) is 0 Å². The number of carbonyl (C=O) groups is 1. The normalized spacial score (nSPS) is 27.8. The van der Waals surface area contributed by atoms with Crippen molar-refractivity contribution in [1.82, 2.24) is 10.2 Å². The first-order chi connectivity index (χ1) is 8.12. The van der Waals surface area contributed by atoms with Crippen molar-refractivity contribution in [3.05, 3.63) is 0 Å². The Kier molecular flexibility index (Phi) is 5.92. The van der Waals surface area contributed by atoms with E-state index in [-0.39, 0.29) is 11.9 Å². The number of ether oxygens (including phenoxy) is 1. The summed E-state index contributed by atoms with van der Waals surface area (Å²) in [5.41, 5.74) is 0. The Morgan fingerprint density at radius 2 is 2.18 bits per heavy atom. The Hall–Kier alpha value is -0.610. The summed E-state index contributed by atoms with van der Waals surface area (Å²) in [6, 6.07) is 1.10. The molecule has 3 unspecified atom stereocenters. The Morgan fingerprint density at radius 3 is 2.71 bits per heavy atom. The molecular weight excluding hydrogens is 216 g/mol. The molecule has 0 saturated carbocycles. The van der Waals surface area contributed by atoms with Crippen LogP contribution in [-0.2, 0) is 9.53 Å². The summed E-state index contributed by atoms with van der Waals surface area (Å²) >= 11 is 0. The molecule has 0 aromatic rings. The molecule has 1 aliphatic heterocycles. The molecule has 0 amide bonds. The van der Waals surface area contributed by atoms with Gasteiger partial charge in [-0.25, -0.2) is 0 Å². The van der Waals surface area contributed by atoms with Crippen LogP contribution in [0.3, 0.4) is 0 Å². The SMILES string of the molecule is CCC1CN(CC(C)C(=O)OC)C(CC)CN1. The Balaban J connectivity index is 2.54. The number of hydrogen-bond acceptors (Lipinski definition) is 4. The highest BCUT2D eigenvalue weighted by Crippen LogP contribution is 2.14. The Morgan fingerprint density at radius 1 is 1.47 bits per heavy atom. The van der Waals surface area contributed by atoms with Gasteiger partial charge < -0.3 is 10.1 Å². The third-order valence-corrected chi connectivity index (χ3v) is 3.69. The van der Waals surface area contributed by atoms with Crippen LogP contribution in [0.5, 0.6) is 0 Å². The molecule has 1 N–H and O–H groups in total. The minimum atomic E-state index is -0.105. The monoisotopic (exact) mass is 242 g/mol. The van der Waals surface area contributed by atoms with E-state index in [0.29, 0.717) is 12.1 Å². The van der Waals surface area contributed by atoms with Crippen molar-refractivity contribution in [2.45, 2.75) is 45.7 Å². The zero-order valence-electron chi connectivity index (χ0n) is 11.5. The molecule has 1 aliphatic rings. The van der Waals surface area contributed by atoms with Crippen LogP contribution in [0.2, 0.25) is 0 Å². The molecule has 1 heterocycles. The lowest BCUT2D eigenvalue weighted by molar-refractivity contribution is -0.145. The van der Waals surface area contributed by atoms with Crippen molar-refractivity contribution < 1.29 is 9.53 Å². The first-order valence-electron chi connectivity index (χ1n) is 6.67. The molecule has 0 spiro atoms. The van der Waals surface area contributed by atoms with Crippen LogP contribution < -0.4 is 5.32 Å². The van der Waals surface area contributed by atoms with Crippen LogP contribution in [0.25, 0.3) is 0 Å². The molecule has 3 atom stereocenters. The maximum atomic E-state index is 11.5. The van der Waals surface area contributed by atoms with Gasteiger partial charge >= 0.3 is 5.97 Å². The van der Waals surface area contributed by atoms with Gasteiger partial charge in [-0.1, -0.05) is 20.8 Å². The summed E-state index contributed by atoms with van der Waals surface area (Å²) in [5.74, 6) is -0.143. The lowest BCUT2D eigenvalue weighted by Crippen LogP contribution is -2.57. The van der Waals surface area contributed by atoms with Crippen LogP contribution in [0.1, 0.15) is 33.6 Å². The number of nitrogens with one attached hydrogen (secondary N) is 1. The van der Waals surface area contributed by atoms with E-state index in [9.17, 15) is 4.79 Å². The summed E-state index contributed by atoms with van der Waals surface area (Å²) in [5, 5.41) is 3.56. The number of esters is 1. The fourth-order valence-corrected chi connectivity index (χ4v) is 2.46. The number of methoxy groups -OCH3 is 1. The molecule has 1 rings (SSSR count). The van der Waals surface area contributed by atoms with Gasteiger partial charge in [0.05, 0.1) is 13.0 Å². The van der Waals surface area contributed by atoms with Crippen LogP contribution >= 0.6 is 0 Å². The second kappa shape index (κ2) is 6.97. The van der Waals surface area contributed by atoms with Crippen molar-refractivity contribution in [2.24, 2.45) is 5.92 Å². The van der Waals surface area contributed by atoms with Crippen LogP contribution in [-0.4, -0.2) is 49.7 Å². The van der Waals surface area contributed by atoms with Crippen LogP contribution in [0.15, 0.2) is 0 Å². The number of hydrogen-bond donors (Lipinski definition) is 1. The summed E-state index contributed by atoms with van der Waals surface area (Å²) in [6.07, 6.45) is 2.26. The van der Waals surface area contributed by atoms with Gasteiger partial charge in [-0.15, -0.1) is 0 Å². The highest BCUT2D eigenvalue weighted by molar-refractivity contribution is 5.72. The number of rotatable bonds is 5. The van der Waals surface area contributed by atoms with E-state index in [1.165, 1.54) is 7.11 Å². The van der Waals surface area contributed by atoms with Crippen molar-refractivity contribution in [2.75, 3.05) is 26.7 Å². The number of carbonyl (C=O) groups excluding carboxylic acids is 1. The van der Waals surface area contributed by atoms with Crippen molar-refractivity contribution >= 4 is 5.97 Å². The van der Waals surface area contributed by atoms with Gasteiger partial charge in [-0.05, 0) is 12.8 Å². The van der Waals surface area contributed by atoms with E-state index < -0.39 is 0 Å². The maximum absolute atomic E-state index is 11.5. The van der Waals surface area contributed by atoms with Gasteiger partial charge in [0, 0.05) is 31.7 Å². The average molecular weight is 242 g/mol. The molecule has 0 bridgehead atoms. The lowest BCUT2D eigenvalue weighted by atomic mass is 10.0. The minimum absolute atomic E-state index is 0.0374. The van der Waals surface area contributed by atoms with Gasteiger partial charge in [0.15, 0.2) is 0 Å². The zero-order valence-corrected chi connectivity index (χ0v) is 11.5. The predicted octanol–water partition coefficient (Wildman–Crippen LogP) is 1.26. The minimum Gasteiger partial charge on any atom is -0.469 e. The topological polar surface area (TPSA) is 41.6 Å². The highest BCUT2D eigenvalue weighted by Gasteiger charge is 2.28. The molecule has 4 nitrogen and oxygen atoms in total. The maximum Gasteiger partial charge on any atom is 0.309 e. The van der Waals surface area contributed by atoms with Crippen LogP contribution in [0.4, 0.5) is 0 Å². The summed E-state index contributed by atoms with van der Waals surface area (Å²) in [4.78, 5) is 13.9. The zero-order chi connectivity index (χ0) is 12.8. The molecule has 4 heteroatoms. The van der Waals surface area contributed by atoms with Gasteiger partial charge in [0.1, 0.15) is 0 Å². The number of piperazine rings is 1.